The molecule has 5 heteroatoms. The molecular formula is C22H24N2O3. The Labute approximate surface area is 159 Å². The van der Waals surface area contributed by atoms with E-state index < -0.39 is 0 Å². The maximum Gasteiger partial charge on any atom is 0.270 e. The van der Waals surface area contributed by atoms with Gasteiger partial charge in [0.25, 0.3) is 11.8 Å². The van der Waals surface area contributed by atoms with Gasteiger partial charge in [0.15, 0.2) is 0 Å². The van der Waals surface area contributed by atoms with Crippen molar-refractivity contribution >= 4 is 17.9 Å². The molecule has 1 saturated heterocycles. The van der Waals surface area contributed by atoms with E-state index in [0.717, 1.165) is 43.7 Å². The van der Waals surface area contributed by atoms with E-state index in [4.69, 9.17) is 4.74 Å². The maximum atomic E-state index is 13.0. The summed E-state index contributed by atoms with van der Waals surface area (Å²) in [4.78, 5) is 27.4. The van der Waals surface area contributed by atoms with Crippen LogP contribution >= 0.6 is 0 Å². The highest BCUT2D eigenvalue weighted by molar-refractivity contribution is 6.05. The first-order chi connectivity index (χ1) is 13.2. The van der Waals surface area contributed by atoms with E-state index in [0.29, 0.717) is 5.56 Å². The summed E-state index contributed by atoms with van der Waals surface area (Å²) in [6.07, 6.45) is 4.84. The zero-order chi connectivity index (χ0) is 19.1. The lowest BCUT2D eigenvalue weighted by molar-refractivity contribution is -0.128. The summed E-state index contributed by atoms with van der Waals surface area (Å²) in [7, 11) is 1.61. The van der Waals surface area contributed by atoms with Gasteiger partial charge < -0.3 is 15.0 Å². The summed E-state index contributed by atoms with van der Waals surface area (Å²) in [5, 5.41) is 2.81. The number of carbonyl (C=O) groups excluding carboxylic acids is 2. The number of hydrogen-bond donors (Lipinski definition) is 1. The molecule has 2 amide bonds. The van der Waals surface area contributed by atoms with Gasteiger partial charge in [-0.25, -0.2) is 0 Å². The Morgan fingerprint density at radius 1 is 0.963 bits per heavy atom. The van der Waals surface area contributed by atoms with E-state index in [9.17, 15) is 9.59 Å². The monoisotopic (exact) mass is 364 g/mol. The van der Waals surface area contributed by atoms with Crippen LogP contribution in [0, 0.1) is 0 Å². The predicted octanol–water partition coefficient (Wildman–Crippen LogP) is 3.48. The zero-order valence-electron chi connectivity index (χ0n) is 15.5. The van der Waals surface area contributed by atoms with Crippen molar-refractivity contribution in [3.63, 3.8) is 0 Å². The summed E-state index contributed by atoms with van der Waals surface area (Å²) < 4.78 is 5.17. The quantitative estimate of drug-likeness (QED) is 0.827. The second-order valence-electron chi connectivity index (χ2n) is 6.50. The van der Waals surface area contributed by atoms with Crippen LogP contribution in [0.4, 0.5) is 0 Å². The lowest BCUT2D eigenvalue weighted by Gasteiger charge is -2.27. The Hall–Kier alpha value is -3.08. The Kier molecular flexibility index (Phi) is 6.26. The minimum absolute atomic E-state index is 0.144. The highest BCUT2D eigenvalue weighted by Gasteiger charge is 2.22. The standard InChI is InChI=1S/C22H24N2O3/c1-27-19-12-10-17(11-13-19)16-20(22(26)24-14-6-3-7-15-24)23-21(25)18-8-4-2-5-9-18/h2,4-5,8-13,16H,3,6-7,14-15H2,1H3,(H,23,25)/b20-16-. The molecule has 0 aromatic heterocycles. The lowest BCUT2D eigenvalue weighted by atomic mass is 10.1. The minimum Gasteiger partial charge on any atom is -0.497 e. The largest absolute Gasteiger partial charge is 0.497 e. The van der Waals surface area contributed by atoms with Crippen LogP contribution in [0.5, 0.6) is 5.75 Å². The first-order valence-electron chi connectivity index (χ1n) is 9.19. The van der Waals surface area contributed by atoms with Crippen LogP contribution < -0.4 is 10.1 Å². The van der Waals surface area contributed by atoms with Gasteiger partial charge in [-0.3, -0.25) is 9.59 Å². The molecule has 0 aliphatic carbocycles. The molecule has 5 nitrogen and oxygen atoms in total. The van der Waals surface area contributed by atoms with Crippen LogP contribution in [0.3, 0.4) is 0 Å². The van der Waals surface area contributed by atoms with Crippen molar-refractivity contribution in [2.45, 2.75) is 19.3 Å². The molecule has 0 unspecified atom stereocenters. The second kappa shape index (κ2) is 9.03. The SMILES string of the molecule is COc1ccc(/C=C(\NC(=O)c2ccccc2)C(=O)N2CCCCC2)cc1. The number of nitrogens with zero attached hydrogens (tertiary/aromatic N) is 1. The number of benzene rings is 2. The van der Waals surface area contributed by atoms with Crippen molar-refractivity contribution in [3.05, 3.63) is 71.4 Å². The maximum absolute atomic E-state index is 13.0. The number of methoxy groups -OCH3 is 1. The molecule has 1 fully saturated rings. The van der Waals surface area contributed by atoms with Gasteiger partial charge in [0.2, 0.25) is 0 Å². The third-order valence-electron chi connectivity index (χ3n) is 4.58. The first kappa shape index (κ1) is 18.7. The van der Waals surface area contributed by atoms with Crippen molar-refractivity contribution in [1.29, 1.82) is 0 Å². The molecule has 0 bridgehead atoms. The van der Waals surface area contributed by atoms with Crippen molar-refractivity contribution < 1.29 is 14.3 Å². The minimum atomic E-state index is -0.291. The summed E-state index contributed by atoms with van der Waals surface area (Å²) >= 11 is 0. The molecule has 2 aromatic carbocycles. The van der Waals surface area contributed by atoms with Crippen LogP contribution in [0.15, 0.2) is 60.3 Å². The zero-order valence-corrected chi connectivity index (χ0v) is 15.5. The highest BCUT2D eigenvalue weighted by atomic mass is 16.5. The molecule has 140 valence electrons. The van der Waals surface area contributed by atoms with E-state index in [1.165, 1.54) is 0 Å². The molecule has 0 spiro atoms. The van der Waals surface area contributed by atoms with Crippen LogP contribution in [-0.2, 0) is 4.79 Å². The fraction of sp³-hybridized carbons (Fsp3) is 0.273. The summed E-state index contributed by atoms with van der Waals surface area (Å²) in [6, 6.07) is 16.3. The van der Waals surface area contributed by atoms with E-state index in [-0.39, 0.29) is 17.5 Å². The van der Waals surface area contributed by atoms with Crippen LogP contribution in [0.2, 0.25) is 0 Å². The number of ether oxygens (including phenoxy) is 1. The Bertz CT molecular complexity index is 807. The van der Waals surface area contributed by atoms with Gasteiger partial charge in [0.05, 0.1) is 7.11 Å². The molecule has 1 aliphatic heterocycles. The van der Waals surface area contributed by atoms with Gasteiger partial charge in [-0.15, -0.1) is 0 Å². The van der Waals surface area contributed by atoms with Gasteiger partial charge >= 0.3 is 0 Å². The normalized spacial score (nSPS) is 14.6. The molecular weight excluding hydrogens is 340 g/mol. The Morgan fingerprint density at radius 3 is 2.26 bits per heavy atom. The average molecular weight is 364 g/mol. The van der Waals surface area contributed by atoms with E-state index >= 15 is 0 Å². The Morgan fingerprint density at radius 2 is 1.63 bits per heavy atom. The predicted molar refractivity (Wildman–Crippen MR) is 105 cm³/mol. The summed E-state index contributed by atoms with van der Waals surface area (Å²) in [6.45, 7) is 1.44. The number of piperidine rings is 1. The molecule has 0 saturated carbocycles. The van der Waals surface area contributed by atoms with Gasteiger partial charge in [-0.1, -0.05) is 30.3 Å². The number of carbonyl (C=O) groups is 2. The third-order valence-corrected chi connectivity index (χ3v) is 4.58. The molecule has 1 aliphatic rings. The third kappa shape index (κ3) is 4.97. The van der Waals surface area contributed by atoms with Gasteiger partial charge in [-0.2, -0.15) is 0 Å². The molecule has 0 atom stereocenters. The average Bonchev–Trinajstić information content (AvgIpc) is 2.74. The van der Waals surface area contributed by atoms with E-state index in [1.807, 2.05) is 35.2 Å². The number of likely N-dealkylation sites (tertiary alicyclic amines) is 1. The fourth-order valence-electron chi connectivity index (χ4n) is 3.07. The van der Waals surface area contributed by atoms with Gasteiger partial charge in [0, 0.05) is 18.7 Å². The second-order valence-corrected chi connectivity index (χ2v) is 6.50. The number of amides is 2. The number of hydrogen-bond acceptors (Lipinski definition) is 3. The molecule has 1 N–H and O–H groups in total. The van der Waals surface area contributed by atoms with Crippen molar-refractivity contribution in [1.82, 2.24) is 10.2 Å². The van der Waals surface area contributed by atoms with Crippen molar-refractivity contribution in [2.24, 2.45) is 0 Å². The van der Waals surface area contributed by atoms with Crippen LogP contribution in [-0.4, -0.2) is 36.9 Å². The summed E-state index contributed by atoms with van der Waals surface area (Å²) in [5.41, 5.74) is 1.63. The smallest absolute Gasteiger partial charge is 0.270 e. The number of nitrogens with one attached hydrogen (secondary N) is 1. The number of rotatable bonds is 5. The van der Waals surface area contributed by atoms with Crippen molar-refractivity contribution in [2.75, 3.05) is 20.2 Å². The summed E-state index contributed by atoms with van der Waals surface area (Å²) in [5.74, 6) is 0.305. The molecule has 27 heavy (non-hydrogen) atoms. The van der Waals surface area contributed by atoms with E-state index in [2.05, 4.69) is 5.32 Å². The van der Waals surface area contributed by atoms with Crippen LogP contribution in [0.1, 0.15) is 35.2 Å². The van der Waals surface area contributed by atoms with Gasteiger partial charge in [0.1, 0.15) is 11.4 Å². The molecule has 3 rings (SSSR count). The highest BCUT2D eigenvalue weighted by Crippen LogP contribution is 2.16. The first-order valence-corrected chi connectivity index (χ1v) is 9.19. The topological polar surface area (TPSA) is 58.6 Å². The molecule has 2 aromatic rings. The van der Waals surface area contributed by atoms with E-state index in [1.54, 1.807) is 37.5 Å². The van der Waals surface area contributed by atoms with Gasteiger partial charge in [-0.05, 0) is 55.2 Å². The van der Waals surface area contributed by atoms with Crippen LogP contribution in [0.25, 0.3) is 6.08 Å². The fourth-order valence-corrected chi connectivity index (χ4v) is 3.07. The molecule has 1 heterocycles. The molecule has 0 radical (unpaired) electrons. The Balaban J connectivity index is 1.86. The van der Waals surface area contributed by atoms with Crippen molar-refractivity contribution in [3.8, 4) is 5.75 Å². The lowest BCUT2D eigenvalue weighted by Crippen LogP contribution is -2.41.